The van der Waals surface area contributed by atoms with Gasteiger partial charge in [-0.1, -0.05) is 19.1 Å². The fourth-order valence-corrected chi connectivity index (χ4v) is 1.91. The van der Waals surface area contributed by atoms with Gasteiger partial charge in [0.2, 0.25) is 0 Å². The Bertz CT molecular complexity index is 525. The summed E-state index contributed by atoms with van der Waals surface area (Å²) in [6.07, 6.45) is 0. The number of halogens is 1. The minimum absolute atomic E-state index is 0.262. The Morgan fingerprint density at radius 3 is 2.53 bits per heavy atom. The number of ether oxygens (including phenoxy) is 1. The summed E-state index contributed by atoms with van der Waals surface area (Å²) in [5.74, 6) is 1.13. The molecule has 0 aliphatic rings. The third-order valence-electron chi connectivity index (χ3n) is 2.92. The van der Waals surface area contributed by atoms with Crippen LogP contribution in [0.5, 0.6) is 11.5 Å². The molecule has 2 rings (SSSR count). The van der Waals surface area contributed by atoms with Crippen LogP contribution in [0, 0.1) is 5.82 Å². The van der Waals surface area contributed by atoms with Crippen molar-refractivity contribution in [3.63, 3.8) is 0 Å². The molecule has 0 bridgehead atoms. The zero-order valence-corrected chi connectivity index (χ0v) is 11.2. The third kappa shape index (κ3) is 3.80. The molecule has 0 spiro atoms. The van der Waals surface area contributed by atoms with Crippen molar-refractivity contribution in [2.75, 3.05) is 6.54 Å². The minimum Gasteiger partial charge on any atom is -0.457 e. The molecule has 0 aliphatic carbocycles. The molecule has 3 heteroatoms. The van der Waals surface area contributed by atoms with Crippen molar-refractivity contribution < 1.29 is 9.13 Å². The molecule has 19 heavy (non-hydrogen) atoms. The molecule has 1 atom stereocenters. The molecule has 0 aliphatic heterocycles. The summed E-state index contributed by atoms with van der Waals surface area (Å²) in [4.78, 5) is 0. The highest BCUT2D eigenvalue weighted by Gasteiger charge is 2.05. The van der Waals surface area contributed by atoms with Gasteiger partial charge in [0.05, 0.1) is 0 Å². The monoisotopic (exact) mass is 259 g/mol. The summed E-state index contributed by atoms with van der Waals surface area (Å²) in [6.45, 7) is 5.11. The highest BCUT2D eigenvalue weighted by atomic mass is 19.1. The second-order valence-corrected chi connectivity index (χ2v) is 4.41. The molecule has 100 valence electrons. The zero-order chi connectivity index (χ0) is 13.7. The molecule has 0 saturated carbocycles. The van der Waals surface area contributed by atoms with Crippen LogP contribution in [0.3, 0.4) is 0 Å². The van der Waals surface area contributed by atoms with E-state index in [2.05, 4.69) is 25.2 Å². The Kier molecular flexibility index (Phi) is 4.53. The lowest BCUT2D eigenvalue weighted by Gasteiger charge is -2.14. The lowest BCUT2D eigenvalue weighted by molar-refractivity contribution is 0.478. The Morgan fingerprint density at radius 2 is 1.84 bits per heavy atom. The number of nitrogens with one attached hydrogen (secondary N) is 1. The summed E-state index contributed by atoms with van der Waals surface area (Å²) in [6, 6.07) is 14.2. The highest BCUT2D eigenvalue weighted by Crippen LogP contribution is 2.24. The summed E-state index contributed by atoms with van der Waals surface area (Å²) >= 11 is 0. The van der Waals surface area contributed by atoms with Crippen molar-refractivity contribution in [3.05, 3.63) is 59.9 Å². The molecule has 0 heterocycles. The van der Waals surface area contributed by atoms with E-state index in [4.69, 9.17) is 4.74 Å². The van der Waals surface area contributed by atoms with Gasteiger partial charge in [0.25, 0.3) is 0 Å². The molecule has 1 unspecified atom stereocenters. The van der Waals surface area contributed by atoms with E-state index >= 15 is 0 Å². The predicted octanol–water partition coefficient (Wildman–Crippen LogP) is 4.29. The fourth-order valence-electron chi connectivity index (χ4n) is 1.91. The quantitative estimate of drug-likeness (QED) is 0.865. The van der Waals surface area contributed by atoms with Crippen LogP contribution >= 0.6 is 0 Å². The average molecular weight is 259 g/mol. The Balaban J connectivity index is 2.12. The summed E-state index contributed by atoms with van der Waals surface area (Å²) < 4.78 is 18.5. The second-order valence-electron chi connectivity index (χ2n) is 4.41. The lowest BCUT2D eigenvalue weighted by Crippen LogP contribution is -2.17. The maximum absolute atomic E-state index is 12.8. The van der Waals surface area contributed by atoms with Crippen LogP contribution in [0.1, 0.15) is 25.5 Å². The summed E-state index contributed by atoms with van der Waals surface area (Å²) in [5.41, 5.74) is 1.17. The first-order valence-corrected chi connectivity index (χ1v) is 6.46. The predicted molar refractivity (Wildman–Crippen MR) is 75.0 cm³/mol. The first kappa shape index (κ1) is 13.6. The van der Waals surface area contributed by atoms with Crippen molar-refractivity contribution in [2.45, 2.75) is 19.9 Å². The smallest absolute Gasteiger partial charge is 0.127 e. The van der Waals surface area contributed by atoms with E-state index in [9.17, 15) is 4.39 Å². The molecule has 0 amide bonds. The van der Waals surface area contributed by atoms with Gasteiger partial charge in [-0.3, -0.25) is 0 Å². The van der Waals surface area contributed by atoms with Gasteiger partial charge in [-0.25, -0.2) is 4.39 Å². The van der Waals surface area contributed by atoms with Crippen molar-refractivity contribution in [1.29, 1.82) is 0 Å². The largest absolute Gasteiger partial charge is 0.457 e. The van der Waals surface area contributed by atoms with Gasteiger partial charge in [-0.15, -0.1) is 0 Å². The standard InChI is InChI=1S/C16H18FNO/c1-3-18-12(2)13-5-4-6-16(11-13)19-15-9-7-14(17)8-10-15/h4-12,18H,3H2,1-2H3. The van der Waals surface area contributed by atoms with E-state index in [0.29, 0.717) is 5.75 Å². The first-order chi connectivity index (χ1) is 9.19. The topological polar surface area (TPSA) is 21.3 Å². The van der Waals surface area contributed by atoms with E-state index in [1.807, 2.05) is 18.2 Å². The molecule has 0 radical (unpaired) electrons. The molecular formula is C16H18FNO. The van der Waals surface area contributed by atoms with Crippen LogP contribution in [-0.4, -0.2) is 6.54 Å². The van der Waals surface area contributed by atoms with Gasteiger partial charge in [0, 0.05) is 6.04 Å². The second kappa shape index (κ2) is 6.34. The van der Waals surface area contributed by atoms with Gasteiger partial charge in [0.15, 0.2) is 0 Å². The number of hydrogen-bond donors (Lipinski definition) is 1. The van der Waals surface area contributed by atoms with Gasteiger partial charge >= 0.3 is 0 Å². The zero-order valence-electron chi connectivity index (χ0n) is 11.2. The van der Waals surface area contributed by atoms with Crippen molar-refractivity contribution in [2.24, 2.45) is 0 Å². The first-order valence-electron chi connectivity index (χ1n) is 6.46. The molecular weight excluding hydrogens is 241 g/mol. The summed E-state index contributed by atoms with van der Waals surface area (Å²) in [5, 5.41) is 3.36. The van der Waals surface area contributed by atoms with Crippen molar-refractivity contribution in [3.8, 4) is 11.5 Å². The molecule has 2 nitrogen and oxygen atoms in total. The molecule has 2 aromatic carbocycles. The summed E-state index contributed by atoms with van der Waals surface area (Å²) in [7, 11) is 0. The third-order valence-corrected chi connectivity index (χ3v) is 2.92. The number of hydrogen-bond acceptors (Lipinski definition) is 2. The van der Waals surface area contributed by atoms with Crippen molar-refractivity contribution in [1.82, 2.24) is 5.32 Å². The molecule has 0 saturated heterocycles. The van der Waals surface area contributed by atoms with Crippen LogP contribution < -0.4 is 10.1 Å². The minimum atomic E-state index is -0.262. The van der Waals surface area contributed by atoms with Crippen LogP contribution in [0.2, 0.25) is 0 Å². The maximum atomic E-state index is 12.8. The Labute approximate surface area is 113 Å². The highest BCUT2D eigenvalue weighted by molar-refractivity contribution is 5.35. The average Bonchev–Trinajstić information content (AvgIpc) is 2.42. The fraction of sp³-hybridized carbons (Fsp3) is 0.250. The van der Waals surface area contributed by atoms with E-state index in [1.54, 1.807) is 12.1 Å². The van der Waals surface area contributed by atoms with Crippen LogP contribution in [0.4, 0.5) is 4.39 Å². The van der Waals surface area contributed by atoms with E-state index < -0.39 is 0 Å². The van der Waals surface area contributed by atoms with Crippen LogP contribution in [0.25, 0.3) is 0 Å². The Hall–Kier alpha value is -1.87. The Morgan fingerprint density at radius 1 is 1.11 bits per heavy atom. The maximum Gasteiger partial charge on any atom is 0.127 e. The van der Waals surface area contributed by atoms with Gasteiger partial charge < -0.3 is 10.1 Å². The number of rotatable bonds is 5. The molecule has 0 fully saturated rings. The SMILES string of the molecule is CCNC(C)c1cccc(Oc2ccc(F)cc2)c1. The molecule has 2 aromatic rings. The van der Waals surface area contributed by atoms with E-state index in [1.165, 1.54) is 17.7 Å². The van der Waals surface area contributed by atoms with E-state index in [0.717, 1.165) is 12.3 Å². The van der Waals surface area contributed by atoms with Crippen LogP contribution in [0.15, 0.2) is 48.5 Å². The molecule has 0 aromatic heterocycles. The lowest BCUT2D eigenvalue weighted by atomic mass is 10.1. The van der Waals surface area contributed by atoms with Gasteiger partial charge in [0.1, 0.15) is 17.3 Å². The van der Waals surface area contributed by atoms with Crippen molar-refractivity contribution >= 4 is 0 Å². The normalized spacial score (nSPS) is 12.2. The molecule has 1 N–H and O–H groups in total. The van der Waals surface area contributed by atoms with Crippen LogP contribution in [-0.2, 0) is 0 Å². The number of benzene rings is 2. The van der Waals surface area contributed by atoms with Gasteiger partial charge in [-0.05, 0) is 55.4 Å². The van der Waals surface area contributed by atoms with E-state index in [-0.39, 0.29) is 11.9 Å². The van der Waals surface area contributed by atoms with Gasteiger partial charge in [-0.2, -0.15) is 0 Å².